The van der Waals surface area contributed by atoms with Gasteiger partial charge in [0, 0.05) is 19.8 Å². The van der Waals surface area contributed by atoms with Crippen LogP contribution in [0.1, 0.15) is 44.7 Å². The van der Waals surface area contributed by atoms with Gasteiger partial charge in [-0.25, -0.2) is 0 Å². The number of aliphatic imine (C=N–C) groups is 1. The number of guanidine groups is 1. The average Bonchev–Trinajstić information content (AvgIpc) is 2.64. The van der Waals surface area contributed by atoms with Crippen molar-refractivity contribution in [2.45, 2.75) is 39.2 Å². The van der Waals surface area contributed by atoms with Gasteiger partial charge in [0.1, 0.15) is 0 Å². The number of halogens is 1. The van der Waals surface area contributed by atoms with Crippen LogP contribution < -0.4 is 11.1 Å². The fourth-order valence-corrected chi connectivity index (χ4v) is 3.22. The lowest BCUT2D eigenvalue weighted by Gasteiger charge is -2.36. The molecule has 1 fully saturated rings. The predicted octanol–water partition coefficient (Wildman–Crippen LogP) is 3.41. The first-order valence-corrected chi connectivity index (χ1v) is 9.61. The standard InChI is InChI=1S/C20H34N4O.HI/c1-3-25-15-7-12-22-20(21)23-16-19(18-8-5-4-6-9-18)24-13-10-17(2)11-14-24;/h4-6,8-9,17,19H,3,7,10-16H2,1-2H3,(H3,21,22,23);1H. The van der Waals surface area contributed by atoms with Gasteiger partial charge in [0.15, 0.2) is 5.96 Å². The molecule has 6 heteroatoms. The lowest BCUT2D eigenvalue weighted by atomic mass is 9.96. The highest BCUT2D eigenvalue weighted by molar-refractivity contribution is 14.0. The molecule has 0 bridgehead atoms. The first kappa shape index (κ1) is 23.2. The molecule has 1 heterocycles. The van der Waals surface area contributed by atoms with Crippen molar-refractivity contribution >= 4 is 29.9 Å². The number of ether oxygens (including phenoxy) is 1. The number of benzene rings is 1. The van der Waals surface area contributed by atoms with Crippen LogP contribution in [0.2, 0.25) is 0 Å². The molecule has 0 aromatic heterocycles. The van der Waals surface area contributed by atoms with Crippen molar-refractivity contribution in [3.63, 3.8) is 0 Å². The second-order valence-corrected chi connectivity index (χ2v) is 6.85. The molecule has 1 atom stereocenters. The number of nitrogens with one attached hydrogen (secondary N) is 1. The van der Waals surface area contributed by atoms with Crippen molar-refractivity contribution in [1.29, 1.82) is 0 Å². The Morgan fingerprint density at radius 3 is 2.65 bits per heavy atom. The molecule has 0 radical (unpaired) electrons. The summed E-state index contributed by atoms with van der Waals surface area (Å²) >= 11 is 0. The van der Waals surface area contributed by atoms with Gasteiger partial charge >= 0.3 is 0 Å². The molecular formula is C20H35IN4O. The van der Waals surface area contributed by atoms with E-state index in [9.17, 15) is 0 Å². The van der Waals surface area contributed by atoms with Crippen LogP contribution in [0.15, 0.2) is 35.3 Å². The Balaban J connectivity index is 0.00000338. The molecule has 1 saturated heterocycles. The van der Waals surface area contributed by atoms with Crippen molar-refractivity contribution in [1.82, 2.24) is 10.2 Å². The second-order valence-electron chi connectivity index (χ2n) is 6.85. The Morgan fingerprint density at radius 1 is 1.31 bits per heavy atom. The van der Waals surface area contributed by atoms with Crippen LogP contribution in [0, 0.1) is 5.92 Å². The van der Waals surface area contributed by atoms with Crippen LogP contribution in [0.4, 0.5) is 0 Å². The number of hydrogen-bond donors (Lipinski definition) is 2. The Hall–Kier alpha value is -0.860. The lowest BCUT2D eigenvalue weighted by Crippen LogP contribution is -2.39. The fourth-order valence-electron chi connectivity index (χ4n) is 3.22. The number of rotatable bonds is 9. The molecule has 1 unspecified atom stereocenters. The number of piperidine rings is 1. The first-order valence-electron chi connectivity index (χ1n) is 9.61. The summed E-state index contributed by atoms with van der Waals surface area (Å²) in [4.78, 5) is 7.17. The van der Waals surface area contributed by atoms with Crippen LogP contribution in [-0.2, 0) is 4.74 Å². The van der Waals surface area contributed by atoms with E-state index in [1.165, 1.54) is 18.4 Å². The van der Waals surface area contributed by atoms with Crippen LogP contribution in [-0.4, -0.2) is 50.3 Å². The van der Waals surface area contributed by atoms with Crippen LogP contribution in [0.25, 0.3) is 0 Å². The summed E-state index contributed by atoms with van der Waals surface area (Å²) in [7, 11) is 0. The topological polar surface area (TPSA) is 62.9 Å². The van der Waals surface area contributed by atoms with Crippen molar-refractivity contribution in [3.05, 3.63) is 35.9 Å². The summed E-state index contributed by atoms with van der Waals surface area (Å²) in [6.45, 7) is 9.64. The zero-order valence-corrected chi connectivity index (χ0v) is 18.5. The lowest BCUT2D eigenvalue weighted by molar-refractivity contribution is 0.141. The van der Waals surface area contributed by atoms with Gasteiger partial charge in [0.05, 0.1) is 12.6 Å². The molecule has 0 aliphatic carbocycles. The van der Waals surface area contributed by atoms with E-state index in [4.69, 9.17) is 10.5 Å². The van der Waals surface area contributed by atoms with E-state index in [1.807, 2.05) is 6.92 Å². The summed E-state index contributed by atoms with van der Waals surface area (Å²) in [6.07, 6.45) is 3.46. The summed E-state index contributed by atoms with van der Waals surface area (Å²) in [5, 5.41) is 3.19. The van der Waals surface area contributed by atoms with Gasteiger partial charge in [0.2, 0.25) is 0 Å². The van der Waals surface area contributed by atoms with Gasteiger partial charge in [-0.1, -0.05) is 37.3 Å². The van der Waals surface area contributed by atoms with E-state index in [2.05, 4.69) is 52.5 Å². The maximum absolute atomic E-state index is 6.05. The second kappa shape index (κ2) is 13.3. The molecular weight excluding hydrogens is 439 g/mol. The first-order chi connectivity index (χ1) is 12.2. The van der Waals surface area contributed by atoms with Crippen LogP contribution >= 0.6 is 24.0 Å². The van der Waals surface area contributed by atoms with Gasteiger partial charge < -0.3 is 15.8 Å². The molecule has 0 saturated carbocycles. The maximum Gasteiger partial charge on any atom is 0.188 e. The molecule has 26 heavy (non-hydrogen) atoms. The minimum atomic E-state index is 0. The Kier molecular flexibility index (Phi) is 11.9. The summed E-state index contributed by atoms with van der Waals surface area (Å²) in [6, 6.07) is 11.0. The Morgan fingerprint density at radius 2 is 2.00 bits per heavy atom. The van der Waals surface area contributed by atoms with Crippen molar-refractivity contribution in [2.24, 2.45) is 16.6 Å². The van der Waals surface area contributed by atoms with Crippen LogP contribution in [0.3, 0.4) is 0 Å². The minimum absolute atomic E-state index is 0. The molecule has 148 valence electrons. The van der Waals surface area contributed by atoms with E-state index in [1.54, 1.807) is 0 Å². The highest BCUT2D eigenvalue weighted by Gasteiger charge is 2.24. The van der Waals surface area contributed by atoms with E-state index in [-0.39, 0.29) is 24.0 Å². The highest BCUT2D eigenvalue weighted by atomic mass is 127. The zero-order valence-electron chi connectivity index (χ0n) is 16.2. The average molecular weight is 474 g/mol. The molecule has 1 aliphatic heterocycles. The molecule has 2 rings (SSSR count). The highest BCUT2D eigenvalue weighted by Crippen LogP contribution is 2.26. The van der Waals surface area contributed by atoms with E-state index >= 15 is 0 Å². The van der Waals surface area contributed by atoms with Crippen molar-refractivity contribution < 1.29 is 4.74 Å². The van der Waals surface area contributed by atoms with Gasteiger partial charge in [-0.05, 0) is 50.8 Å². The third-order valence-electron chi connectivity index (χ3n) is 4.85. The monoisotopic (exact) mass is 474 g/mol. The number of hydrogen-bond acceptors (Lipinski definition) is 3. The molecule has 0 spiro atoms. The third-order valence-corrected chi connectivity index (χ3v) is 4.85. The minimum Gasteiger partial charge on any atom is -0.382 e. The fraction of sp³-hybridized carbons (Fsp3) is 0.650. The SMILES string of the molecule is CCOCCCNC(N)=NCC(c1ccccc1)N1CCC(C)CC1.I. The van der Waals surface area contributed by atoms with Gasteiger partial charge in [0.25, 0.3) is 0 Å². The predicted molar refractivity (Wildman–Crippen MR) is 120 cm³/mol. The quantitative estimate of drug-likeness (QED) is 0.249. The third kappa shape index (κ3) is 8.22. The number of likely N-dealkylation sites (tertiary alicyclic amines) is 1. The van der Waals surface area contributed by atoms with E-state index in [0.717, 1.165) is 45.2 Å². The molecule has 5 nitrogen and oxygen atoms in total. The molecule has 3 N–H and O–H groups in total. The van der Waals surface area contributed by atoms with Crippen molar-refractivity contribution in [3.8, 4) is 0 Å². The number of nitrogens with zero attached hydrogens (tertiary/aromatic N) is 2. The molecule has 1 aliphatic rings. The zero-order chi connectivity index (χ0) is 17.9. The molecule has 1 aromatic carbocycles. The van der Waals surface area contributed by atoms with Gasteiger partial charge in [-0.3, -0.25) is 9.89 Å². The van der Waals surface area contributed by atoms with Gasteiger partial charge in [-0.2, -0.15) is 0 Å². The van der Waals surface area contributed by atoms with Crippen molar-refractivity contribution in [2.75, 3.05) is 39.4 Å². The smallest absolute Gasteiger partial charge is 0.188 e. The normalized spacial score (nSPS) is 17.5. The summed E-state index contributed by atoms with van der Waals surface area (Å²) in [5.74, 6) is 1.36. The maximum atomic E-state index is 6.05. The van der Waals surface area contributed by atoms with Gasteiger partial charge in [-0.15, -0.1) is 24.0 Å². The largest absolute Gasteiger partial charge is 0.382 e. The number of nitrogens with two attached hydrogens (primary N) is 1. The summed E-state index contributed by atoms with van der Waals surface area (Å²) < 4.78 is 5.33. The molecule has 1 aromatic rings. The Bertz CT molecular complexity index is 504. The summed E-state index contributed by atoms with van der Waals surface area (Å²) in [5.41, 5.74) is 7.37. The Labute approximate surface area is 175 Å². The van der Waals surface area contributed by atoms with E-state index < -0.39 is 0 Å². The van der Waals surface area contributed by atoms with Crippen LogP contribution in [0.5, 0.6) is 0 Å². The molecule has 0 amide bonds. The van der Waals surface area contributed by atoms with E-state index in [0.29, 0.717) is 18.5 Å².